The Morgan fingerprint density at radius 3 is 2.58 bits per heavy atom. The van der Waals surface area contributed by atoms with E-state index in [4.69, 9.17) is 17.7 Å². The third-order valence-corrected chi connectivity index (χ3v) is 0.917. The van der Waals surface area contributed by atoms with E-state index in [9.17, 15) is 4.79 Å². The van der Waals surface area contributed by atoms with Crippen molar-refractivity contribution in [3.63, 3.8) is 0 Å². The van der Waals surface area contributed by atoms with Gasteiger partial charge in [0, 0.05) is 0 Å². The highest BCUT2D eigenvalue weighted by Crippen LogP contribution is 1.92. The van der Waals surface area contributed by atoms with Gasteiger partial charge >= 0.3 is 6.09 Å². The molecule has 0 saturated heterocycles. The summed E-state index contributed by atoms with van der Waals surface area (Å²) in [4.78, 5) is 15.6. The molecular weight excluding hydrogens is 158 g/mol. The van der Waals surface area contributed by atoms with E-state index in [1.165, 1.54) is 7.11 Å². The molecule has 0 rings (SSSR count). The van der Waals surface area contributed by atoms with Crippen molar-refractivity contribution in [2.45, 2.75) is 0 Å². The van der Waals surface area contributed by atoms with Gasteiger partial charge < -0.3 is 4.74 Å². The molecule has 0 radical (unpaired) electrons. The number of hydrogen-bond acceptors (Lipinski definition) is 3. The molecule has 4 heteroatoms. The monoisotopic (exact) mass is 167 g/mol. The van der Waals surface area contributed by atoms with E-state index in [1.54, 1.807) is 0 Å². The Kier molecular flexibility index (Phi) is 5.25. The number of methoxy groups -OCH3 is 1. The van der Waals surface area contributed by atoms with E-state index in [0.29, 0.717) is 0 Å². The van der Waals surface area contributed by atoms with Crippen molar-refractivity contribution in [3.05, 3.63) is 0 Å². The fourth-order valence-corrected chi connectivity index (χ4v) is 0.463. The number of ether oxygens (including phenoxy) is 1. The normalized spacial score (nSPS) is 7.92. The van der Waals surface area contributed by atoms with Gasteiger partial charge in [0.1, 0.15) is 13.2 Å². The molecule has 0 aromatic heterocycles. The molecule has 0 spiro atoms. The number of terminal acetylenes is 2. The second-order valence-electron chi connectivity index (χ2n) is 1.69. The third kappa shape index (κ3) is 3.50. The molecule has 1 amide bonds. The highest BCUT2D eigenvalue weighted by atomic mass is 16.7. The third-order valence-electron chi connectivity index (χ3n) is 0.917. The van der Waals surface area contributed by atoms with Gasteiger partial charge in [-0.1, -0.05) is 11.8 Å². The van der Waals surface area contributed by atoms with E-state index >= 15 is 0 Å². The van der Waals surface area contributed by atoms with Gasteiger partial charge in [-0.05, 0) is 0 Å². The lowest BCUT2D eigenvalue weighted by Crippen LogP contribution is -2.31. The Balaban J connectivity index is 3.97. The molecule has 0 aliphatic heterocycles. The summed E-state index contributed by atoms with van der Waals surface area (Å²) in [6.07, 6.45) is 9.21. The first-order valence-electron chi connectivity index (χ1n) is 3.11. The van der Waals surface area contributed by atoms with Crippen molar-refractivity contribution in [1.82, 2.24) is 5.06 Å². The summed E-state index contributed by atoms with van der Waals surface area (Å²) in [6.45, 7) is -0.00880. The summed E-state index contributed by atoms with van der Waals surface area (Å²) < 4.78 is 4.36. The number of amides is 1. The predicted molar refractivity (Wildman–Crippen MR) is 42.7 cm³/mol. The molecule has 0 fully saturated rings. The average Bonchev–Trinajstić information content (AvgIpc) is 2.11. The highest BCUT2D eigenvalue weighted by Gasteiger charge is 2.11. The first-order valence-corrected chi connectivity index (χ1v) is 3.11. The first-order chi connectivity index (χ1) is 5.76. The van der Waals surface area contributed by atoms with Crippen LogP contribution in [0.4, 0.5) is 4.79 Å². The topological polar surface area (TPSA) is 38.8 Å². The van der Waals surface area contributed by atoms with E-state index < -0.39 is 6.09 Å². The Labute approximate surface area is 71.4 Å². The van der Waals surface area contributed by atoms with Crippen LogP contribution in [0.1, 0.15) is 0 Å². The molecular formula is C8H9NO3. The van der Waals surface area contributed by atoms with E-state index in [2.05, 4.69) is 16.6 Å². The second kappa shape index (κ2) is 6.09. The molecule has 0 heterocycles. The zero-order valence-corrected chi connectivity index (χ0v) is 6.74. The Hall–Kier alpha value is -1.65. The van der Waals surface area contributed by atoms with Crippen molar-refractivity contribution < 1.29 is 14.4 Å². The van der Waals surface area contributed by atoms with Crippen LogP contribution in [0.5, 0.6) is 0 Å². The number of hydrogen-bond donors (Lipinski definition) is 0. The number of carbonyl (C=O) groups excluding carboxylic acids is 1. The lowest BCUT2D eigenvalue weighted by atomic mass is 10.6. The summed E-state index contributed by atoms with van der Waals surface area (Å²) in [5.41, 5.74) is 0. The van der Waals surface area contributed by atoms with Gasteiger partial charge in [0.25, 0.3) is 0 Å². The van der Waals surface area contributed by atoms with Crippen LogP contribution in [-0.4, -0.2) is 31.4 Å². The summed E-state index contributed by atoms with van der Waals surface area (Å²) in [5.74, 6) is 4.42. The van der Waals surface area contributed by atoms with Gasteiger partial charge in [0.05, 0.1) is 7.11 Å². The van der Waals surface area contributed by atoms with Crippen LogP contribution in [0.15, 0.2) is 0 Å². The Morgan fingerprint density at radius 2 is 2.17 bits per heavy atom. The minimum Gasteiger partial charge on any atom is -0.451 e. The maximum absolute atomic E-state index is 10.8. The molecule has 0 saturated carbocycles. The minimum atomic E-state index is -0.664. The van der Waals surface area contributed by atoms with Gasteiger partial charge in [-0.2, -0.15) is 5.06 Å². The largest absolute Gasteiger partial charge is 0.451 e. The maximum Gasteiger partial charge on any atom is 0.434 e. The molecule has 0 aromatic carbocycles. The Bertz CT molecular complexity index is 223. The Morgan fingerprint density at radius 1 is 1.50 bits per heavy atom. The first kappa shape index (κ1) is 10.3. The molecule has 0 unspecified atom stereocenters. The smallest absolute Gasteiger partial charge is 0.434 e. The van der Waals surface area contributed by atoms with Crippen LogP contribution < -0.4 is 0 Å². The van der Waals surface area contributed by atoms with Crippen LogP contribution in [0.3, 0.4) is 0 Å². The molecule has 0 aliphatic rings. The van der Waals surface area contributed by atoms with Crippen molar-refractivity contribution in [3.8, 4) is 24.7 Å². The predicted octanol–water partition coefficient (Wildman–Crippen LogP) is 0.253. The fraction of sp³-hybridized carbons (Fsp3) is 0.375. The maximum atomic E-state index is 10.8. The molecule has 0 bridgehead atoms. The number of nitrogens with zero attached hydrogens (tertiary/aromatic N) is 1. The highest BCUT2D eigenvalue weighted by molar-refractivity contribution is 5.66. The molecule has 0 aromatic rings. The van der Waals surface area contributed by atoms with E-state index in [-0.39, 0.29) is 13.2 Å². The van der Waals surface area contributed by atoms with Crippen molar-refractivity contribution in [2.75, 3.05) is 20.3 Å². The van der Waals surface area contributed by atoms with Crippen LogP contribution in [0.2, 0.25) is 0 Å². The van der Waals surface area contributed by atoms with Gasteiger partial charge in [0.15, 0.2) is 0 Å². The van der Waals surface area contributed by atoms with Gasteiger partial charge in [-0.3, -0.25) is 4.84 Å². The van der Waals surface area contributed by atoms with Crippen LogP contribution in [0.25, 0.3) is 0 Å². The summed E-state index contributed by atoms with van der Waals surface area (Å²) in [5, 5.41) is 0.875. The summed E-state index contributed by atoms with van der Waals surface area (Å²) in [7, 11) is 1.23. The van der Waals surface area contributed by atoms with E-state index in [0.717, 1.165) is 5.06 Å². The van der Waals surface area contributed by atoms with Crippen molar-refractivity contribution >= 4 is 6.09 Å². The van der Waals surface area contributed by atoms with Gasteiger partial charge in [0.2, 0.25) is 0 Å². The fourth-order valence-electron chi connectivity index (χ4n) is 0.463. The van der Waals surface area contributed by atoms with Crippen molar-refractivity contribution in [2.24, 2.45) is 0 Å². The molecule has 0 N–H and O–H groups in total. The van der Waals surface area contributed by atoms with Crippen LogP contribution >= 0.6 is 0 Å². The standard InChI is InChI=1S/C8H9NO3/c1-4-6-9(8(10)11-3)12-7-5-2/h1-2H,6-7H2,3H3. The minimum absolute atomic E-state index is 0.00829. The molecule has 4 nitrogen and oxygen atoms in total. The summed E-state index contributed by atoms with van der Waals surface area (Å²) >= 11 is 0. The van der Waals surface area contributed by atoms with Gasteiger partial charge in [-0.25, -0.2) is 4.79 Å². The van der Waals surface area contributed by atoms with Gasteiger partial charge in [-0.15, -0.1) is 12.8 Å². The molecule has 12 heavy (non-hydrogen) atoms. The van der Waals surface area contributed by atoms with E-state index in [1.807, 2.05) is 0 Å². The lowest BCUT2D eigenvalue weighted by Gasteiger charge is -2.15. The number of hydroxylamine groups is 2. The quantitative estimate of drug-likeness (QED) is 0.447. The molecule has 64 valence electrons. The van der Waals surface area contributed by atoms with Crippen molar-refractivity contribution in [1.29, 1.82) is 0 Å². The second-order valence-corrected chi connectivity index (χ2v) is 1.69. The number of carbonyl (C=O) groups is 1. The van der Waals surface area contributed by atoms with Crippen LogP contribution in [-0.2, 0) is 9.57 Å². The molecule has 0 aliphatic carbocycles. The zero-order chi connectivity index (χ0) is 9.40. The SMILES string of the molecule is C#CCON(CC#C)C(=O)OC. The molecule has 0 atom stereocenters. The zero-order valence-electron chi connectivity index (χ0n) is 6.74. The summed E-state index contributed by atoms with van der Waals surface area (Å²) in [6, 6.07) is 0. The number of rotatable bonds is 3. The van der Waals surface area contributed by atoms with Crippen LogP contribution in [0, 0.1) is 24.7 Å². The average molecular weight is 167 g/mol. The lowest BCUT2D eigenvalue weighted by molar-refractivity contribution is -0.112.